The lowest BCUT2D eigenvalue weighted by molar-refractivity contribution is -0.0701. The van der Waals surface area contributed by atoms with Gasteiger partial charge in [-0.05, 0) is 23.6 Å². The molecule has 1 aliphatic heterocycles. The van der Waals surface area contributed by atoms with E-state index in [1.54, 1.807) is 7.11 Å². The second-order valence-electron chi connectivity index (χ2n) is 5.27. The van der Waals surface area contributed by atoms with Gasteiger partial charge in [-0.1, -0.05) is 18.2 Å². The summed E-state index contributed by atoms with van der Waals surface area (Å²) in [6.45, 7) is 6.64. The van der Waals surface area contributed by atoms with Gasteiger partial charge in [0, 0.05) is 25.6 Å². The first-order chi connectivity index (χ1) is 9.33. The zero-order valence-electron chi connectivity index (χ0n) is 11.5. The molecule has 3 rings (SSSR count). The molecule has 0 aromatic heterocycles. The Balaban J connectivity index is 1.90. The number of hydrogen-bond donors (Lipinski definition) is 0. The monoisotopic (exact) mass is 259 g/mol. The van der Waals surface area contributed by atoms with Gasteiger partial charge in [0.1, 0.15) is 5.75 Å². The van der Waals surface area contributed by atoms with Gasteiger partial charge in [-0.3, -0.25) is 4.90 Å². The van der Waals surface area contributed by atoms with Crippen LogP contribution >= 0.6 is 0 Å². The highest BCUT2D eigenvalue weighted by Gasteiger charge is 2.36. The largest absolute Gasteiger partial charge is 0.496 e. The van der Waals surface area contributed by atoms with Gasteiger partial charge in [-0.25, -0.2) is 0 Å². The van der Waals surface area contributed by atoms with Crippen LogP contribution in [0.4, 0.5) is 0 Å². The van der Waals surface area contributed by atoms with E-state index < -0.39 is 0 Å². The van der Waals surface area contributed by atoms with Crippen molar-refractivity contribution < 1.29 is 9.47 Å². The highest BCUT2D eigenvalue weighted by Crippen LogP contribution is 2.34. The molecule has 0 N–H and O–H groups in total. The van der Waals surface area contributed by atoms with E-state index in [4.69, 9.17) is 9.47 Å². The average molecular weight is 259 g/mol. The molecule has 2 aliphatic rings. The Labute approximate surface area is 114 Å². The van der Waals surface area contributed by atoms with E-state index in [1.807, 2.05) is 12.1 Å². The summed E-state index contributed by atoms with van der Waals surface area (Å²) >= 11 is 0. The number of methoxy groups -OCH3 is 1. The summed E-state index contributed by atoms with van der Waals surface area (Å²) < 4.78 is 11.5. The van der Waals surface area contributed by atoms with E-state index in [1.165, 1.54) is 11.1 Å². The Bertz CT molecular complexity index is 472. The molecule has 1 saturated heterocycles. The minimum Gasteiger partial charge on any atom is -0.496 e. The molecule has 0 radical (unpaired) electrons. The molecule has 19 heavy (non-hydrogen) atoms. The Morgan fingerprint density at radius 3 is 3.16 bits per heavy atom. The molecule has 3 nitrogen and oxygen atoms in total. The van der Waals surface area contributed by atoms with Crippen LogP contribution in [0.15, 0.2) is 30.9 Å². The van der Waals surface area contributed by atoms with Crippen LogP contribution in [-0.4, -0.2) is 43.9 Å². The fourth-order valence-corrected chi connectivity index (χ4v) is 3.33. The smallest absolute Gasteiger partial charge is 0.122 e. The van der Waals surface area contributed by atoms with Crippen molar-refractivity contribution in [2.45, 2.75) is 25.0 Å². The van der Waals surface area contributed by atoms with Crippen LogP contribution in [0.25, 0.3) is 0 Å². The highest BCUT2D eigenvalue weighted by atomic mass is 16.5. The lowest BCUT2D eigenvalue weighted by Gasteiger charge is -2.44. The predicted molar refractivity (Wildman–Crippen MR) is 75.7 cm³/mol. The number of rotatable bonds is 3. The molecule has 1 aromatic carbocycles. The first-order valence-corrected chi connectivity index (χ1v) is 6.94. The molecular weight excluding hydrogens is 238 g/mol. The Morgan fingerprint density at radius 2 is 2.37 bits per heavy atom. The average Bonchev–Trinajstić information content (AvgIpc) is 2.45. The van der Waals surface area contributed by atoms with Crippen molar-refractivity contribution in [3.63, 3.8) is 0 Å². The second kappa shape index (κ2) is 5.35. The standard InChI is InChI=1S/C16H21NO2/c1-3-7-17-8-9-19-16-11-13-12(10-14(16)17)5-4-6-15(13)18-2/h3-6,14,16H,1,7-11H2,2H3/t14-,16-/m0/s1. The van der Waals surface area contributed by atoms with Crippen LogP contribution in [-0.2, 0) is 17.6 Å². The van der Waals surface area contributed by atoms with Gasteiger partial charge in [0.25, 0.3) is 0 Å². The minimum atomic E-state index is 0.289. The van der Waals surface area contributed by atoms with Crippen molar-refractivity contribution in [2.24, 2.45) is 0 Å². The zero-order valence-corrected chi connectivity index (χ0v) is 11.5. The van der Waals surface area contributed by atoms with Crippen molar-refractivity contribution in [1.29, 1.82) is 0 Å². The first kappa shape index (κ1) is 12.7. The molecule has 1 fully saturated rings. The van der Waals surface area contributed by atoms with E-state index in [2.05, 4.69) is 23.6 Å². The van der Waals surface area contributed by atoms with Gasteiger partial charge in [0.05, 0.1) is 19.8 Å². The van der Waals surface area contributed by atoms with Gasteiger partial charge in [0.15, 0.2) is 0 Å². The second-order valence-corrected chi connectivity index (χ2v) is 5.27. The Kier molecular flexibility index (Phi) is 3.58. The Morgan fingerprint density at radius 1 is 1.47 bits per heavy atom. The third kappa shape index (κ3) is 2.28. The summed E-state index contributed by atoms with van der Waals surface area (Å²) in [7, 11) is 1.74. The quantitative estimate of drug-likeness (QED) is 0.776. The molecule has 3 heteroatoms. The van der Waals surface area contributed by atoms with Gasteiger partial charge < -0.3 is 9.47 Å². The molecule has 1 heterocycles. The summed E-state index contributed by atoms with van der Waals surface area (Å²) in [4.78, 5) is 2.49. The third-order valence-corrected chi connectivity index (χ3v) is 4.26. The van der Waals surface area contributed by atoms with Crippen LogP contribution in [0.1, 0.15) is 11.1 Å². The molecule has 1 aromatic rings. The summed E-state index contributed by atoms with van der Waals surface area (Å²) in [5, 5.41) is 0. The molecule has 0 amide bonds. The van der Waals surface area contributed by atoms with E-state index in [-0.39, 0.29) is 6.10 Å². The van der Waals surface area contributed by atoms with Crippen LogP contribution in [0.3, 0.4) is 0 Å². The molecule has 2 atom stereocenters. The maximum atomic E-state index is 5.98. The summed E-state index contributed by atoms with van der Waals surface area (Å²) in [6, 6.07) is 6.82. The van der Waals surface area contributed by atoms with E-state index >= 15 is 0 Å². The van der Waals surface area contributed by atoms with Gasteiger partial charge in [0.2, 0.25) is 0 Å². The fourth-order valence-electron chi connectivity index (χ4n) is 3.33. The van der Waals surface area contributed by atoms with Crippen molar-refractivity contribution in [3.05, 3.63) is 42.0 Å². The number of fused-ring (bicyclic) bond motifs is 2. The van der Waals surface area contributed by atoms with Crippen LogP contribution in [0.5, 0.6) is 5.75 Å². The molecule has 1 aliphatic carbocycles. The van der Waals surface area contributed by atoms with Crippen molar-refractivity contribution in [2.75, 3.05) is 26.8 Å². The normalized spacial score (nSPS) is 26.4. The lowest BCUT2D eigenvalue weighted by atomic mass is 9.84. The van der Waals surface area contributed by atoms with Crippen molar-refractivity contribution >= 4 is 0 Å². The van der Waals surface area contributed by atoms with Crippen LogP contribution in [0.2, 0.25) is 0 Å². The van der Waals surface area contributed by atoms with E-state index in [0.717, 1.165) is 38.3 Å². The van der Waals surface area contributed by atoms with Crippen molar-refractivity contribution in [1.82, 2.24) is 4.90 Å². The van der Waals surface area contributed by atoms with Gasteiger partial charge in [-0.15, -0.1) is 6.58 Å². The van der Waals surface area contributed by atoms with E-state index in [9.17, 15) is 0 Å². The zero-order chi connectivity index (χ0) is 13.2. The fraction of sp³-hybridized carbons (Fsp3) is 0.500. The maximum absolute atomic E-state index is 5.98. The van der Waals surface area contributed by atoms with Crippen molar-refractivity contribution in [3.8, 4) is 5.75 Å². The highest BCUT2D eigenvalue weighted by molar-refractivity contribution is 5.43. The molecular formula is C16H21NO2. The number of hydrogen-bond acceptors (Lipinski definition) is 3. The third-order valence-electron chi connectivity index (χ3n) is 4.26. The van der Waals surface area contributed by atoms with Crippen LogP contribution < -0.4 is 4.74 Å². The Hall–Kier alpha value is -1.32. The predicted octanol–water partition coefficient (Wildman–Crippen LogP) is 2.05. The summed E-state index contributed by atoms with van der Waals surface area (Å²) in [5.41, 5.74) is 2.73. The first-order valence-electron chi connectivity index (χ1n) is 6.94. The molecule has 0 spiro atoms. The van der Waals surface area contributed by atoms with Gasteiger partial charge >= 0.3 is 0 Å². The number of morpholine rings is 1. The van der Waals surface area contributed by atoms with E-state index in [0.29, 0.717) is 6.04 Å². The number of benzene rings is 1. The molecule has 0 bridgehead atoms. The summed E-state index contributed by atoms with van der Waals surface area (Å²) in [6.07, 6.45) is 4.28. The number of ether oxygens (including phenoxy) is 2. The molecule has 0 unspecified atom stereocenters. The maximum Gasteiger partial charge on any atom is 0.122 e. The minimum absolute atomic E-state index is 0.289. The topological polar surface area (TPSA) is 21.7 Å². The van der Waals surface area contributed by atoms with Crippen LogP contribution in [0, 0.1) is 0 Å². The SMILES string of the molecule is C=CCN1CCO[C@H]2Cc3c(cccc3OC)C[C@@H]21. The molecule has 0 saturated carbocycles. The van der Waals surface area contributed by atoms with Gasteiger partial charge in [-0.2, -0.15) is 0 Å². The molecule has 102 valence electrons. The number of nitrogens with zero attached hydrogens (tertiary/aromatic N) is 1. The lowest BCUT2D eigenvalue weighted by Crippen LogP contribution is -2.54. The summed E-state index contributed by atoms with van der Waals surface area (Å²) in [5.74, 6) is 1.00.